The van der Waals surface area contributed by atoms with Gasteiger partial charge in [0.25, 0.3) is 0 Å². The zero-order chi connectivity index (χ0) is 14.5. The molecule has 1 aromatic rings. The summed E-state index contributed by atoms with van der Waals surface area (Å²) in [5.41, 5.74) is 1.02. The van der Waals surface area contributed by atoms with Crippen molar-refractivity contribution in [3.8, 4) is 0 Å². The third-order valence-corrected chi connectivity index (χ3v) is 5.76. The standard InChI is InChI=1S/C13H24N2O2S2/c1-5-6-11(4)15-19(16,17)13-7-12(9-18-13)8-14-10(2)3/h7,9-11,14-15H,5-6,8H2,1-4H3. The van der Waals surface area contributed by atoms with E-state index >= 15 is 0 Å². The molecule has 1 rings (SSSR count). The Labute approximate surface area is 120 Å². The lowest BCUT2D eigenvalue weighted by molar-refractivity contribution is 0.545. The predicted molar refractivity (Wildman–Crippen MR) is 81.0 cm³/mol. The molecule has 0 aliphatic carbocycles. The van der Waals surface area contributed by atoms with Crippen molar-refractivity contribution in [2.24, 2.45) is 0 Å². The summed E-state index contributed by atoms with van der Waals surface area (Å²) in [6.45, 7) is 8.78. The molecule has 0 fully saturated rings. The monoisotopic (exact) mass is 304 g/mol. The van der Waals surface area contributed by atoms with Crippen LogP contribution in [0, 0.1) is 0 Å². The van der Waals surface area contributed by atoms with Crippen molar-refractivity contribution in [1.29, 1.82) is 0 Å². The Balaban J connectivity index is 2.68. The molecule has 4 nitrogen and oxygen atoms in total. The Hall–Kier alpha value is -0.430. The van der Waals surface area contributed by atoms with E-state index in [1.807, 2.05) is 19.2 Å². The average Bonchev–Trinajstić information content (AvgIpc) is 2.75. The van der Waals surface area contributed by atoms with E-state index in [0.717, 1.165) is 18.4 Å². The third kappa shape index (κ3) is 5.60. The molecule has 0 saturated carbocycles. The molecule has 6 heteroatoms. The minimum atomic E-state index is -3.36. The highest BCUT2D eigenvalue weighted by Gasteiger charge is 2.19. The molecule has 110 valence electrons. The first-order valence-corrected chi connectivity index (χ1v) is 9.04. The van der Waals surface area contributed by atoms with Gasteiger partial charge in [-0.15, -0.1) is 11.3 Å². The highest BCUT2D eigenvalue weighted by Crippen LogP contribution is 2.20. The van der Waals surface area contributed by atoms with Crippen LogP contribution in [-0.2, 0) is 16.6 Å². The van der Waals surface area contributed by atoms with Crippen LogP contribution >= 0.6 is 11.3 Å². The average molecular weight is 304 g/mol. The maximum atomic E-state index is 12.1. The molecule has 0 aliphatic rings. The molecule has 0 aliphatic heterocycles. The second-order valence-electron chi connectivity index (χ2n) is 5.12. The molecule has 0 bridgehead atoms. The Morgan fingerprint density at radius 2 is 2.00 bits per heavy atom. The van der Waals surface area contributed by atoms with E-state index in [0.29, 0.717) is 16.8 Å². The molecule has 1 heterocycles. The molecule has 0 saturated heterocycles. The maximum absolute atomic E-state index is 12.1. The molecular formula is C13H24N2O2S2. The Morgan fingerprint density at radius 1 is 1.32 bits per heavy atom. The van der Waals surface area contributed by atoms with E-state index in [4.69, 9.17) is 0 Å². The van der Waals surface area contributed by atoms with E-state index in [2.05, 4.69) is 23.9 Å². The molecule has 1 unspecified atom stereocenters. The number of thiophene rings is 1. The van der Waals surface area contributed by atoms with Gasteiger partial charge in [-0.05, 0) is 30.4 Å². The summed E-state index contributed by atoms with van der Waals surface area (Å²) in [4.78, 5) is 0. The summed E-state index contributed by atoms with van der Waals surface area (Å²) >= 11 is 1.28. The van der Waals surface area contributed by atoms with Crippen LogP contribution < -0.4 is 10.0 Å². The van der Waals surface area contributed by atoms with Crippen molar-refractivity contribution in [3.63, 3.8) is 0 Å². The number of rotatable bonds is 8. The minimum Gasteiger partial charge on any atom is -0.310 e. The zero-order valence-electron chi connectivity index (χ0n) is 12.1. The molecule has 1 aromatic heterocycles. The summed E-state index contributed by atoms with van der Waals surface area (Å²) in [6.07, 6.45) is 1.82. The van der Waals surface area contributed by atoms with Crippen LogP contribution in [0.2, 0.25) is 0 Å². The number of hydrogen-bond acceptors (Lipinski definition) is 4. The van der Waals surface area contributed by atoms with Gasteiger partial charge in [-0.1, -0.05) is 27.2 Å². The van der Waals surface area contributed by atoms with Gasteiger partial charge in [0.1, 0.15) is 4.21 Å². The van der Waals surface area contributed by atoms with Crippen molar-refractivity contribution >= 4 is 21.4 Å². The molecular weight excluding hydrogens is 280 g/mol. The second-order valence-corrected chi connectivity index (χ2v) is 7.97. The van der Waals surface area contributed by atoms with E-state index in [9.17, 15) is 8.42 Å². The van der Waals surface area contributed by atoms with Crippen LogP contribution in [0.25, 0.3) is 0 Å². The molecule has 19 heavy (non-hydrogen) atoms. The minimum absolute atomic E-state index is 0.0191. The van der Waals surface area contributed by atoms with Crippen molar-refractivity contribution in [2.75, 3.05) is 0 Å². The largest absolute Gasteiger partial charge is 0.310 e. The Kier molecular flexibility index (Phi) is 6.46. The van der Waals surface area contributed by atoms with Gasteiger partial charge in [0.2, 0.25) is 10.0 Å². The molecule has 0 aromatic carbocycles. The van der Waals surface area contributed by atoms with Crippen molar-refractivity contribution in [3.05, 3.63) is 17.0 Å². The quantitative estimate of drug-likeness (QED) is 0.776. The van der Waals surface area contributed by atoms with Crippen LogP contribution in [0.3, 0.4) is 0 Å². The van der Waals surface area contributed by atoms with Gasteiger partial charge < -0.3 is 5.32 Å². The first kappa shape index (κ1) is 16.6. The fraction of sp³-hybridized carbons (Fsp3) is 0.692. The van der Waals surface area contributed by atoms with Crippen LogP contribution in [0.15, 0.2) is 15.7 Å². The van der Waals surface area contributed by atoms with Crippen molar-refractivity contribution < 1.29 is 8.42 Å². The van der Waals surface area contributed by atoms with Gasteiger partial charge in [0, 0.05) is 18.6 Å². The fourth-order valence-electron chi connectivity index (χ4n) is 1.72. The number of nitrogens with one attached hydrogen (secondary N) is 2. The van der Waals surface area contributed by atoms with Gasteiger partial charge in [-0.2, -0.15) is 0 Å². The Morgan fingerprint density at radius 3 is 2.58 bits per heavy atom. The topological polar surface area (TPSA) is 58.2 Å². The lowest BCUT2D eigenvalue weighted by Gasteiger charge is -2.11. The van der Waals surface area contributed by atoms with Gasteiger partial charge in [0.05, 0.1) is 0 Å². The number of hydrogen-bond donors (Lipinski definition) is 2. The molecule has 0 spiro atoms. The summed E-state index contributed by atoms with van der Waals surface area (Å²) in [7, 11) is -3.36. The van der Waals surface area contributed by atoms with Gasteiger partial charge in [0.15, 0.2) is 0 Å². The first-order chi connectivity index (χ1) is 8.85. The molecule has 2 N–H and O–H groups in total. The third-order valence-electron chi connectivity index (χ3n) is 2.69. The normalized spacial score (nSPS) is 13.9. The lowest BCUT2D eigenvalue weighted by atomic mass is 10.2. The second kappa shape index (κ2) is 7.38. The maximum Gasteiger partial charge on any atom is 0.250 e. The summed E-state index contributed by atoms with van der Waals surface area (Å²) < 4.78 is 27.4. The smallest absolute Gasteiger partial charge is 0.250 e. The molecule has 0 radical (unpaired) electrons. The summed E-state index contributed by atoms with van der Waals surface area (Å²) in [6, 6.07) is 2.12. The predicted octanol–water partition coefficient (Wildman–Crippen LogP) is 2.71. The van der Waals surface area contributed by atoms with Gasteiger partial charge in [-0.25, -0.2) is 13.1 Å². The highest BCUT2D eigenvalue weighted by atomic mass is 32.2. The van der Waals surface area contributed by atoms with E-state index in [1.54, 1.807) is 6.07 Å². The first-order valence-electron chi connectivity index (χ1n) is 6.68. The van der Waals surface area contributed by atoms with Gasteiger partial charge >= 0.3 is 0 Å². The lowest BCUT2D eigenvalue weighted by Crippen LogP contribution is -2.31. The zero-order valence-corrected chi connectivity index (χ0v) is 13.7. The Bertz CT molecular complexity index is 481. The van der Waals surface area contributed by atoms with E-state index < -0.39 is 10.0 Å². The van der Waals surface area contributed by atoms with Crippen molar-refractivity contribution in [1.82, 2.24) is 10.0 Å². The van der Waals surface area contributed by atoms with Crippen LogP contribution in [0.1, 0.15) is 46.1 Å². The highest BCUT2D eigenvalue weighted by molar-refractivity contribution is 7.91. The fourth-order valence-corrected chi connectivity index (χ4v) is 4.23. The van der Waals surface area contributed by atoms with E-state index in [1.165, 1.54) is 11.3 Å². The SMILES string of the molecule is CCCC(C)NS(=O)(=O)c1cc(CNC(C)C)cs1. The van der Waals surface area contributed by atoms with Crippen molar-refractivity contribution in [2.45, 2.75) is 63.4 Å². The van der Waals surface area contributed by atoms with Crippen LogP contribution in [-0.4, -0.2) is 20.5 Å². The summed E-state index contributed by atoms with van der Waals surface area (Å²) in [5.74, 6) is 0. The molecule has 1 atom stereocenters. The van der Waals surface area contributed by atoms with Gasteiger partial charge in [-0.3, -0.25) is 0 Å². The van der Waals surface area contributed by atoms with Crippen LogP contribution in [0.5, 0.6) is 0 Å². The van der Waals surface area contributed by atoms with E-state index in [-0.39, 0.29) is 6.04 Å². The number of sulfonamides is 1. The molecule has 0 amide bonds. The van der Waals surface area contributed by atoms with Crippen LogP contribution in [0.4, 0.5) is 0 Å². The summed E-state index contributed by atoms with van der Waals surface area (Å²) in [5, 5.41) is 5.18.